The van der Waals surface area contributed by atoms with Gasteiger partial charge in [0.15, 0.2) is 0 Å². The first kappa shape index (κ1) is 9.65. The molecule has 3 nitrogen and oxygen atoms in total. The minimum absolute atomic E-state index is 0.375. The second kappa shape index (κ2) is 3.69. The van der Waals surface area contributed by atoms with E-state index in [2.05, 4.69) is 16.7 Å². The van der Waals surface area contributed by atoms with Crippen LogP contribution >= 0.6 is 12.2 Å². The molecule has 1 aromatic rings. The molecule has 0 unspecified atom stereocenters. The highest BCUT2D eigenvalue weighted by Crippen LogP contribution is 2.25. The summed E-state index contributed by atoms with van der Waals surface area (Å²) in [5.74, 6) is 0.375. The maximum absolute atomic E-state index is 5.69. The summed E-state index contributed by atoms with van der Waals surface area (Å²) >= 11 is 5.05. The predicted octanol–water partition coefficient (Wildman–Crippen LogP) is 1.29. The van der Waals surface area contributed by atoms with Crippen LogP contribution in [0.15, 0.2) is 6.20 Å². The first-order valence-electron chi connectivity index (χ1n) is 5.05. The lowest BCUT2D eigenvalue weighted by molar-refractivity contribution is 0.532. The summed E-state index contributed by atoms with van der Waals surface area (Å²) in [7, 11) is 0. The molecule has 1 atom stereocenters. The molecule has 0 saturated carbocycles. The molecule has 0 radical (unpaired) electrons. The topological polar surface area (TPSA) is 43.8 Å². The van der Waals surface area contributed by atoms with Crippen LogP contribution < -0.4 is 5.73 Å². The number of fused-ring (bicyclic) bond motifs is 1. The van der Waals surface area contributed by atoms with E-state index in [1.54, 1.807) is 0 Å². The molecule has 1 heterocycles. The number of nitrogens with zero attached hydrogens (tertiary/aromatic N) is 2. The molecule has 1 aliphatic rings. The van der Waals surface area contributed by atoms with Gasteiger partial charge in [0.1, 0.15) is 0 Å². The lowest BCUT2D eigenvalue weighted by Crippen LogP contribution is -2.28. The zero-order chi connectivity index (χ0) is 10.1. The third-order valence-electron chi connectivity index (χ3n) is 2.94. The highest BCUT2D eigenvalue weighted by Gasteiger charge is 2.23. The minimum atomic E-state index is 0.375. The van der Waals surface area contributed by atoms with E-state index in [1.165, 1.54) is 11.3 Å². The van der Waals surface area contributed by atoms with Crippen LogP contribution in [0.1, 0.15) is 24.6 Å². The van der Waals surface area contributed by atoms with E-state index < -0.39 is 0 Å². The number of hydrogen-bond acceptors (Lipinski definition) is 2. The van der Waals surface area contributed by atoms with Crippen LogP contribution in [0, 0.1) is 5.92 Å². The van der Waals surface area contributed by atoms with E-state index in [9.17, 15) is 0 Å². The van der Waals surface area contributed by atoms with Crippen LogP contribution in [0.25, 0.3) is 0 Å². The largest absolute Gasteiger partial charge is 0.393 e. The Balaban J connectivity index is 2.27. The number of aryl methyl sites for hydroxylation is 2. The van der Waals surface area contributed by atoms with E-state index in [4.69, 9.17) is 18.0 Å². The molecule has 0 spiro atoms. The minimum Gasteiger partial charge on any atom is -0.393 e. The van der Waals surface area contributed by atoms with Gasteiger partial charge in [-0.2, -0.15) is 5.10 Å². The maximum atomic E-state index is 5.69. The molecule has 0 saturated heterocycles. The van der Waals surface area contributed by atoms with Crippen molar-refractivity contribution in [1.29, 1.82) is 0 Å². The summed E-state index contributed by atoms with van der Waals surface area (Å²) in [6.07, 6.45) is 5.10. The molecule has 0 amide bonds. The lowest BCUT2D eigenvalue weighted by Gasteiger charge is -2.21. The molecule has 1 aromatic heterocycles. The van der Waals surface area contributed by atoms with Gasteiger partial charge in [0.05, 0.1) is 11.2 Å². The number of thiocarbonyl (C=S) groups is 1. The second-order valence-electron chi connectivity index (χ2n) is 3.77. The Kier molecular flexibility index (Phi) is 2.54. The average molecular weight is 209 g/mol. The Morgan fingerprint density at radius 2 is 2.57 bits per heavy atom. The van der Waals surface area contributed by atoms with E-state index in [0.717, 1.165) is 25.8 Å². The highest BCUT2D eigenvalue weighted by atomic mass is 32.1. The quantitative estimate of drug-likeness (QED) is 0.747. The Labute approximate surface area is 89.3 Å². The summed E-state index contributed by atoms with van der Waals surface area (Å²) in [5, 5.41) is 4.34. The molecule has 0 fully saturated rings. The van der Waals surface area contributed by atoms with Crippen LogP contribution in [-0.4, -0.2) is 14.8 Å². The molecule has 14 heavy (non-hydrogen) atoms. The molecular formula is C10H15N3S. The van der Waals surface area contributed by atoms with Gasteiger partial charge in [-0.3, -0.25) is 4.68 Å². The summed E-state index contributed by atoms with van der Waals surface area (Å²) < 4.78 is 2.06. The van der Waals surface area contributed by atoms with Crippen molar-refractivity contribution < 1.29 is 0 Å². The number of hydrogen-bond donors (Lipinski definition) is 1. The Morgan fingerprint density at radius 1 is 1.79 bits per heavy atom. The fraction of sp³-hybridized carbons (Fsp3) is 0.600. The number of nitrogens with two attached hydrogens (primary N) is 1. The number of aromatic nitrogens is 2. The molecule has 0 aromatic carbocycles. The van der Waals surface area contributed by atoms with Crippen LogP contribution in [0.3, 0.4) is 0 Å². The first-order valence-corrected chi connectivity index (χ1v) is 5.46. The van der Waals surface area contributed by atoms with Gasteiger partial charge < -0.3 is 5.73 Å². The summed E-state index contributed by atoms with van der Waals surface area (Å²) in [5.41, 5.74) is 8.39. The molecular weight excluding hydrogens is 194 g/mol. The predicted molar refractivity (Wildman–Crippen MR) is 60.2 cm³/mol. The third kappa shape index (κ3) is 1.54. The molecule has 2 N–H and O–H groups in total. The average Bonchev–Trinajstić information content (AvgIpc) is 2.59. The Hall–Kier alpha value is -0.900. The van der Waals surface area contributed by atoms with Gasteiger partial charge in [-0.15, -0.1) is 0 Å². The summed E-state index contributed by atoms with van der Waals surface area (Å²) in [6.45, 7) is 3.04. The molecule has 1 aliphatic carbocycles. The smallest absolute Gasteiger partial charge is 0.0762 e. The highest BCUT2D eigenvalue weighted by molar-refractivity contribution is 7.80. The van der Waals surface area contributed by atoms with Crippen molar-refractivity contribution >= 4 is 17.2 Å². The van der Waals surface area contributed by atoms with Gasteiger partial charge in [-0.1, -0.05) is 12.2 Å². The van der Waals surface area contributed by atoms with Crippen molar-refractivity contribution in [3.05, 3.63) is 17.5 Å². The van der Waals surface area contributed by atoms with Gasteiger partial charge >= 0.3 is 0 Å². The van der Waals surface area contributed by atoms with Gasteiger partial charge in [-0.25, -0.2) is 0 Å². The Bertz CT molecular complexity index is 343. The zero-order valence-electron chi connectivity index (χ0n) is 8.36. The molecule has 4 heteroatoms. The van der Waals surface area contributed by atoms with Crippen molar-refractivity contribution in [1.82, 2.24) is 9.78 Å². The van der Waals surface area contributed by atoms with Crippen LogP contribution in [0.5, 0.6) is 0 Å². The van der Waals surface area contributed by atoms with Gasteiger partial charge in [-0.05, 0) is 31.7 Å². The summed E-state index contributed by atoms with van der Waals surface area (Å²) in [4.78, 5) is 0.652. The summed E-state index contributed by atoms with van der Waals surface area (Å²) in [6, 6.07) is 0. The maximum Gasteiger partial charge on any atom is 0.0762 e. The van der Waals surface area contributed by atoms with Crippen molar-refractivity contribution in [3.8, 4) is 0 Å². The fourth-order valence-electron chi connectivity index (χ4n) is 2.08. The van der Waals surface area contributed by atoms with E-state index in [1.807, 2.05) is 6.20 Å². The monoisotopic (exact) mass is 209 g/mol. The molecule has 0 aliphatic heterocycles. The van der Waals surface area contributed by atoms with Crippen molar-refractivity contribution in [3.63, 3.8) is 0 Å². The van der Waals surface area contributed by atoms with E-state index in [0.29, 0.717) is 10.9 Å². The molecule has 2 rings (SSSR count). The normalized spacial score (nSPS) is 20.5. The van der Waals surface area contributed by atoms with Crippen molar-refractivity contribution in [2.75, 3.05) is 0 Å². The van der Waals surface area contributed by atoms with Crippen LogP contribution in [0.2, 0.25) is 0 Å². The van der Waals surface area contributed by atoms with Crippen molar-refractivity contribution in [2.24, 2.45) is 11.7 Å². The van der Waals surface area contributed by atoms with Crippen molar-refractivity contribution in [2.45, 2.75) is 32.7 Å². The van der Waals surface area contributed by atoms with E-state index >= 15 is 0 Å². The van der Waals surface area contributed by atoms with Crippen LogP contribution in [0.4, 0.5) is 0 Å². The molecule has 0 bridgehead atoms. The van der Waals surface area contributed by atoms with Gasteiger partial charge in [0.2, 0.25) is 0 Å². The SMILES string of the molecule is CCn1ncc2c1C[C@H](C(N)=S)CC2. The zero-order valence-corrected chi connectivity index (χ0v) is 9.18. The number of rotatable bonds is 2. The molecule has 76 valence electrons. The first-order chi connectivity index (χ1) is 6.72. The van der Waals surface area contributed by atoms with E-state index in [-0.39, 0.29) is 0 Å². The lowest BCUT2D eigenvalue weighted by atomic mass is 9.88. The second-order valence-corrected chi connectivity index (χ2v) is 4.25. The van der Waals surface area contributed by atoms with Crippen LogP contribution in [-0.2, 0) is 19.4 Å². The Morgan fingerprint density at radius 3 is 3.21 bits per heavy atom. The van der Waals surface area contributed by atoms with Gasteiger partial charge in [0.25, 0.3) is 0 Å². The van der Waals surface area contributed by atoms with Gasteiger partial charge in [0, 0.05) is 18.2 Å². The fourth-order valence-corrected chi connectivity index (χ4v) is 2.28. The third-order valence-corrected chi connectivity index (χ3v) is 3.27. The standard InChI is InChI=1S/C10H15N3S/c1-2-13-9-5-7(10(11)14)3-4-8(9)6-12-13/h6-7H,2-5H2,1H3,(H2,11,14)/t7-/m1/s1.